The van der Waals surface area contributed by atoms with E-state index in [2.05, 4.69) is 14.8 Å². The number of nitrogens with one attached hydrogen (secondary N) is 1. The van der Waals surface area contributed by atoms with Crippen LogP contribution in [0.3, 0.4) is 0 Å². The summed E-state index contributed by atoms with van der Waals surface area (Å²) in [5.74, 6) is -0.132. The molecule has 1 N–H and O–H groups in total. The van der Waals surface area contributed by atoms with Crippen LogP contribution in [0, 0.1) is 0 Å². The summed E-state index contributed by atoms with van der Waals surface area (Å²) in [6.07, 6.45) is 2.33. The summed E-state index contributed by atoms with van der Waals surface area (Å²) in [7, 11) is 0. The van der Waals surface area contributed by atoms with Crippen LogP contribution < -0.4 is 24.3 Å². The van der Waals surface area contributed by atoms with E-state index in [1.165, 1.54) is 12.1 Å². The largest absolute Gasteiger partial charge is 0.486 e. The highest BCUT2D eigenvalue weighted by atomic mass is 19.3. The summed E-state index contributed by atoms with van der Waals surface area (Å²) < 4.78 is 69.3. The minimum atomic E-state index is -3.18. The molecule has 10 heteroatoms. The van der Waals surface area contributed by atoms with E-state index < -0.39 is 24.9 Å². The molecule has 2 aromatic carbocycles. The molecule has 0 atom stereocenters. The van der Waals surface area contributed by atoms with Crippen molar-refractivity contribution >= 4 is 12.0 Å². The minimum Gasteiger partial charge on any atom is -0.486 e. The first-order valence-corrected chi connectivity index (χ1v) is 8.79. The Bertz CT molecular complexity index is 920. The molecule has 1 amide bonds. The summed E-state index contributed by atoms with van der Waals surface area (Å²) in [6, 6.07) is 8.55. The van der Waals surface area contributed by atoms with Gasteiger partial charge in [-0.15, -0.1) is 0 Å². The van der Waals surface area contributed by atoms with Gasteiger partial charge in [0.05, 0.1) is 0 Å². The number of carbonyl (C=O) groups is 1. The molecule has 6 nitrogen and oxygen atoms in total. The number of halogens is 4. The molecular weight excluding hydrogens is 410 g/mol. The Labute approximate surface area is 169 Å². The Hall–Kier alpha value is -3.43. The fraction of sp³-hybridized carbons (Fsp3) is 0.250. The lowest BCUT2D eigenvalue weighted by molar-refractivity contribution is -0.116. The van der Waals surface area contributed by atoms with Crippen LogP contribution in [0.4, 0.5) is 17.6 Å². The maximum Gasteiger partial charge on any atom is 0.387 e. The Morgan fingerprint density at radius 2 is 1.83 bits per heavy atom. The Morgan fingerprint density at radius 1 is 1.07 bits per heavy atom. The molecule has 0 radical (unpaired) electrons. The summed E-state index contributed by atoms with van der Waals surface area (Å²) >= 11 is 0. The van der Waals surface area contributed by atoms with E-state index in [0.29, 0.717) is 30.3 Å². The second-order valence-corrected chi connectivity index (χ2v) is 5.95. The third-order valence-corrected chi connectivity index (χ3v) is 3.94. The number of fused-ring (bicyclic) bond motifs is 1. The normalized spacial score (nSPS) is 13.0. The molecule has 0 spiro atoms. The number of ether oxygens (including phenoxy) is 4. The summed E-state index contributed by atoms with van der Waals surface area (Å²) in [6.45, 7) is -5.31. The molecule has 2 aromatic rings. The average molecular weight is 427 g/mol. The second kappa shape index (κ2) is 9.86. The molecule has 3 rings (SSSR count). The first-order chi connectivity index (χ1) is 14.4. The quantitative estimate of drug-likeness (QED) is 0.510. The monoisotopic (exact) mass is 427 g/mol. The molecule has 0 fully saturated rings. The SMILES string of the molecule is O=C(/C=C/c1ccc(OC(F)F)cc1OC(F)F)NCc1cccc2c1OCCO2. The van der Waals surface area contributed by atoms with Crippen molar-refractivity contribution in [3.8, 4) is 23.0 Å². The van der Waals surface area contributed by atoms with Crippen LogP contribution in [-0.2, 0) is 11.3 Å². The minimum absolute atomic E-state index is 0.0842. The average Bonchev–Trinajstić information content (AvgIpc) is 2.70. The van der Waals surface area contributed by atoms with Gasteiger partial charge in [-0.05, 0) is 24.3 Å². The number of amides is 1. The zero-order valence-corrected chi connectivity index (χ0v) is 15.4. The van der Waals surface area contributed by atoms with Crippen molar-refractivity contribution in [1.29, 1.82) is 0 Å². The lowest BCUT2D eigenvalue weighted by atomic mass is 10.1. The van der Waals surface area contributed by atoms with Gasteiger partial charge in [0.15, 0.2) is 11.5 Å². The standard InChI is InChI=1S/C20H17F4NO5/c21-19(22)29-14-6-4-12(16(10-14)30-20(23)24)5-7-17(26)25-11-13-2-1-3-15-18(13)28-9-8-27-15/h1-7,10,19-20H,8-9,11H2,(H,25,26)/b7-5+. The second-order valence-electron chi connectivity index (χ2n) is 5.95. The highest BCUT2D eigenvalue weighted by molar-refractivity contribution is 5.92. The van der Waals surface area contributed by atoms with Crippen molar-refractivity contribution in [3.05, 3.63) is 53.6 Å². The zero-order valence-electron chi connectivity index (χ0n) is 15.4. The van der Waals surface area contributed by atoms with Gasteiger partial charge in [-0.3, -0.25) is 4.79 Å². The molecule has 1 aliphatic heterocycles. The number of para-hydroxylation sites is 1. The molecule has 1 heterocycles. The van der Waals surface area contributed by atoms with Gasteiger partial charge in [-0.25, -0.2) is 0 Å². The van der Waals surface area contributed by atoms with Gasteiger partial charge in [0.1, 0.15) is 24.7 Å². The van der Waals surface area contributed by atoms with Crippen LogP contribution in [0.25, 0.3) is 6.08 Å². The summed E-state index contributed by atoms with van der Waals surface area (Å²) in [4.78, 5) is 12.1. The van der Waals surface area contributed by atoms with Crippen molar-refractivity contribution in [1.82, 2.24) is 5.32 Å². The topological polar surface area (TPSA) is 66.0 Å². The molecular formula is C20H17F4NO5. The number of hydrogen-bond donors (Lipinski definition) is 1. The molecule has 30 heavy (non-hydrogen) atoms. The molecule has 0 unspecified atom stereocenters. The number of hydrogen-bond acceptors (Lipinski definition) is 5. The first-order valence-electron chi connectivity index (χ1n) is 8.79. The van der Waals surface area contributed by atoms with Gasteiger partial charge in [0, 0.05) is 29.8 Å². The van der Waals surface area contributed by atoms with E-state index in [1.54, 1.807) is 18.2 Å². The molecule has 0 bridgehead atoms. The molecule has 1 aliphatic rings. The van der Waals surface area contributed by atoms with E-state index in [4.69, 9.17) is 9.47 Å². The molecule has 0 aromatic heterocycles. The van der Waals surface area contributed by atoms with Gasteiger partial charge < -0.3 is 24.3 Å². The van der Waals surface area contributed by atoms with E-state index in [-0.39, 0.29) is 17.9 Å². The fourth-order valence-electron chi connectivity index (χ4n) is 2.71. The Morgan fingerprint density at radius 3 is 2.60 bits per heavy atom. The first kappa shape index (κ1) is 21.3. The lowest BCUT2D eigenvalue weighted by Crippen LogP contribution is -2.22. The Balaban J connectivity index is 1.67. The lowest BCUT2D eigenvalue weighted by Gasteiger charge is -2.20. The van der Waals surface area contributed by atoms with Crippen molar-refractivity contribution < 1.29 is 41.3 Å². The highest BCUT2D eigenvalue weighted by Gasteiger charge is 2.16. The van der Waals surface area contributed by atoms with Crippen LogP contribution >= 0.6 is 0 Å². The number of alkyl halides is 4. The molecule has 0 aliphatic carbocycles. The fourth-order valence-corrected chi connectivity index (χ4v) is 2.71. The van der Waals surface area contributed by atoms with Gasteiger partial charge >= 0.3 is 13.2 Å². The van der Waals surface area contributed by atoms with E-state index >= 15 is 0 Å². The van der Waals surface area contributed by atoms with Crippen molar-refractivity contribution in [2.24, 2.45) is 0 Å². The van der Waals surface area contributed by atoms with Gasteiger partial charge in [0.2, 0.25) is 5.91 Å². The number of rotatable bonds is 8. The van der Waals surface area contributed by atoms with Gasteiger partial charge in [0.25, 0.3) is 0 Å². The van der Waals surface area contributed by atoms with E-state index in [1.807, 2.05) is 0 Å². The molecule has 0 saturated carbocycles. The van der Waals surface area contributed by atoms with Crippen LogP contribution in [0.1, 0.15) is 11.1 Å². The molecule has 0 saturated heterocycles. The third-order valence-electron chi connectivity index (χ3n) is 3.94. The number of benzene rings is 2. The highest BCUT2D eigenvalue weighted by Crippen LogP contribution is 2.33. The van der Waals surface area contributed by atoms with Crippen LogP contribution in [-0.4, -0.2) is 32.3 Å². The number of carbonyl (C=O) groups excluding carboxylic acids is 1. The van der Waals surface area contributed by atoms with Crippen molar-refractivity contribution in [2.45, 2.75) is 19.8 Å². The van der Waals surface area contributed by atoms with E-state index in [9.17, 15) is 22.4 Å². The van der Waals surface area contributed by atoms with Gasteiger partial charge in [-0.1, -0.05) is 12.1 Å². The third kappa shape index (κ3) is 5.79. The molecule has 160 valence electrons. The maximum absolute atomic E-state index is 12.6. The van der Waals surface area contributed by atoms with Crippen LogP contribution in [0.15, 0.2) is 42.5 Å². The van der Waals surface area contributed by atoms with Crippen LogP contribution in [0.5, 0.6) is 23.0 Å². The predicted molar refractivity (Wildman–Crippen MR) is 98.0 cm³/mol. The van der Waals surface area contributed by atoms with Crippen LogP contribution in [0.2, 0.25) is 0 Å². The predicted octanol–water partition coefficient (Wildman–Crippen LogP) is 3.99. The Kier molecular flexibility index (Phi) is 6.99. The van der Waals surface area contributed by atoms with Crippen molar-refractivity contribution in [2.75, 3.05) is 13.2 Å². The maximum atomic E-state index is 12.6. The van der Waals surface area contributed by atoms with Gasteiger partial charge in [-0.2, -0.15) is 17.6 Å². The zero-order chi connectivity index (χ0) is 21.5. The summed E-state index contributed by atoms with van der Waals surface area (Å²) in [5.41, 5.74) is 0.796. The van der Waals surface area contributed by atoms with Crippen molar-refractivity contribution in [3.63, 3.8) is 0 Å². The van der Waals surface area contributed by atoms with E-state index in [0.717, 1.165) is 18.2 Å². The summed E-state index contributed by atoms with van der Waals surface area (Å²) in [5, 5.41) is 2.64. The smallest absolute Gasteiger partial charge is 0.387 e.